The number of piperidine rings is 1. The van der Waals surface area contributed by atoms with E-state index in [2.05, 4.69) is 24.1 Å². The molecule has 4 nitrogen and oxygen atoms in total. The van der Waals surface area contributed by atoms with Crippen molar-refractivity contribution < 1.29 is 9.53 Å². The molecule has 1 fully saturated rings. The predicted octanol–water partition coefficient (Wildman–Crippen LogP) is 1.26. The minimum absolute atomic E-state index is 0.130. The summed E-state index contributed by atoms with van der Waals surface area (Å²) in [6.45, 7) is 7.97. The summed E-state index contributed by atoms with van der Waals surface area (Å²) in [6.07, 6.45) is 3.58. The number of nitrogens with one attached hydrogen (secondary N) is 1. The van der Waals surface area contributed by atoms with Crippen LogP contribution in [0.3, 0.4) is 0 Å². The molecule has 2 unspecified atom stereocenters. The lowest BCUT2D eigenvalue weighted by Gasteiger charge is -2.33. The van der Waals surface area contributed by atoms with Gasteiger partial charge in [-0.15, -0.1) is 0 Å². The Kier molecular flexibility index (Phi) is 6.52. The maximum absolute atomic E-state index is 11.4. The maximum Gasteiger partial charge on any atom is 0.319 e. The molecule has 0 aromatic heterocycles. The Morgan fingerprint density at radius 2 is 2.35 bits per heavy atom. The third kappa shape index (κ3) is 5.04. The number of methoxy groups -OCH3 is 1. The largest absolute Gasteiger partial charge is 0.468 e. The second kappa shape index (κ2) is 7.67. The highest BCUT2D eigenvalue weighted by molar-refractivity contribution is 5.71. The van der Waals surface area contributed by atoms with E-state index in [0.29, 0.717) is 18.5 Å². The van der Waals surface area contributed by atoms with Crippen LogP contribution in [0.1, 0.15) is 33.1 Å². The Hall–Kier alpha value is -0.610. The van der Waals surface area contributed by atoms with E-state index in [0.717, 1.165) is 26.1 Å². The van der Waals surface area contributed by atoms with Crippen molar-refractivity contribution >= 4 is 5.97 Å². The fourth-order valence-electron chi connectivity index (χ4n) is 2.30. The molecule has 0 aromatic rings. The summed E-state index contributed by atoms with van der Waals surface area (Å²) in [6, 6.07) is 0.441. The van der Waals surface area contributed by atoms with Crippen molar-refractivity contribution in [2.75, 3.05) is 33.3 Å². The molecular weight excluding hydrogens is 216 g/mol. The molecule has 100 valence electrons. The normalized spacial score (nSPS) is 22.5. The number of rotatable bonds is 6. The fraction of sp³-hybridized carbons (Fsp3) is 0.923. The lowest BCUT2D eigenvalue weighted by atomic mass is 9.98. The quantitative estimate of drug-likeness (QED) is 0.712. The van der Waals surface area contributed by atoms with Crippen molar-refractivity contribution in [2.24, 2.45) is 5.92 Å². The third-order valence-corrected chi connectivity index (χ3v) is 3.67. The van der Waals surface area contributed by atoms with Crippen LogP contribution < -0.4 is 5.32 Å². The zero-order valence-electron chi connectivity index (χ0n) is 11.4. The average Bonchev–Trinajstić information content (AvgIpc) is 2.38. The summed E-state index contributed by atoms with van der Waals surface area (Å²) in [4.78, 5) is 13.7. The monoisotopic (exact) mass is 242 g/mol. The van der Waals surface area contributed by atoms with Gasteiger partial charge in [-0.2, -0.15) is 0 Å². The van der Waals surface area contributed by atoms with Gasteiger partial charge in [0.25, 0.3) is 0 Å². The number of nitrogens with zero attached hydrogens (tertiary/aromatic N) is 1. The summed E-state index contributed by atoms with van der Waals surface area (Å²) < 4.78 is 4.77. The maximum atomic E-state index is 11.4. The van der Waals surface area contributed by atoms with Gasteiger partial charge < -0.3 is 10.1 Å². The Bertz CT molecular complexity index is 227. The van der Waals surface area contributed by atoms with Gasteiger partial charge in [0.1, 0.15) is 0 Å². The minimum atomic E-state index is -0.130. The van der Waals surface area contributed by atoms with Gasteiger partial charge in [-0.3, -0.25) is 9.69 Å². The topological polar surface area (TPSA) is 41.6 Å². The number of ether oxygens (including phenoxy) is 1. The highest BCUT2D eigenvalue weighted by Gasteiger charge is 2.22. The van der Waals surface area contributed by atoms with Gasteiger partial charge in [0.2, 0.25) is 0 Å². The average molecular weight is 242 g/mol. The van der Waals surface area contributed by atoms with Crippen LogP contribution in [0.25, 0.3) is 0 Å². The van der Waals surface area contributed by atoms with Crippen LogP contribution >= 0.6 is 0 Å². The van der Waals surface area contributed by atoms with Crippen LogP contribution in [0.2, 0.25) is 0 Å². The van der Waals surface area contributed by atoms with E-state index in [9.17, 15) is 4.79 Å². The van der Waals surface area contributed by atoms with Gasteiger partial charge in [-0.1, -0.05) is 6.92 Å². The summed E-state index contributed by atoms with van der Waals surface area (Å²) in [5, 5.41) is 3.42. The fourth-order valence-corrected chi connectivity index (χ4v) is 2.30. The van der Waals surface area contributed by atoms with E-state index < -0.39 is 0 Å². The van der Waals surface area contributed by atoms with E-state index in [1.54, 1.807) is 0 Å². The Balaban J connectivity index is 2.46. The first kappa shape index (κ1) is 14.5. The van der Waals surface area contributed by atoms with E-state index in [1.807, 2.05) is 0 Å². The number of hydrogen-bond donors (Lipinski definition) is 1. The number of carbonyl (C=O) groups excluding carboxylic acids is 1. The van der Waals surface area contributed by atoms with Crippen LogP contribution in [0.5, 0.6) is 0 Å². The summed E-state index contributed by atoms with van der Waals surface area (Å²) in [7, 11) is 1.46. The van der Waals surface area contributed by atoms with E-state index in [-0.39, 0.29) is 5.97 Å². The Morgan fingerprint density at radius 3 is 2.88 bits per heavy atom. The molecule has 2 atom stereocenters. The van der Waals surface area contributed by atoms with Crippen LogP contribution in [0, 0.1) is 5.92 Å². The van der Waals surface area contributed by atoms with Gasteiger partial charge in [0, 0.05) is 12.6 Å². The van der Waals surface area contributed by atoms with E-state index in [1.165, 1.54) is 20.0 Å². The third-order valence-electron chi connectivity index (χ3n) is 3.67. The lowest BCUT2D eigenvalue weighted by Crippen LogP contribution is -2.44. The summed E-state index contributed by atoms with van der Waals surface area (Å²) in [5.74, 6) is 0.538. The van der Waals surface area contributed by atoms with Crippen molar-refractivity contribution in [3.63, 3.8) is 0 Å². The summed E-state index contributed by atoms with van der Waals surface area (Å²) in [5.41, 5.74) is 0. The first-order chi connectivity index (χ1) is 8.17. The van der Waals surface area contributed by atoms with Crippen LogP contribution in [0.4, 0.5) is 0 Å². The van der Waals surface area contributed by atoms with Gasteiger partial charge in [-0.05, 0) is 45.2 Å². The minimum Gasteiger partial charge on any atom is -0.468 e. The molecule has 1 rings (SSSR count). The van der Waals surface area contributed by atoms with Crippen LogP contribution in [-0.2, 0) is 9.53 Å². The van der Waals surface area contributed by atoms with Gasteiger partial charge >= 0.3 is 5.97 Å². The molecular formula is C13H26N2O2. The zero-order chi connectivity index (χ0) is 12.7. The molecule has 1 heterocycles. The Labute approximate surface area is 105 Å². The molecule has 0 bridgehead atoms. The molecule has 1 aliphatic heterocycles. The molecule has 17 heavy (non-hydrogen) atoms. The van der Waals surface area contributed by atoms with Gasteiger partial charge in [0.05, 0.1) is 13.7 Å². The van der Waals surface area contributed by atoms with Crippen molar-refractivity contribution in [3.05, 3.63) is 0 Å². The molecule has 0 aliphatic carbocycles. The molecule has 1 saturated heterocycles. The zero-order valence-corrected chi connectivity index (χ0v) is 11.4. The second-order valence-electron chi connectivity index (χ2n) is 4.98. The first-order valence-corrected chi connectivity index (χ1v) is 6.69. The molecule has 0 spiro atoms. The van der Waals surface area contributed by atoms with Crippen molar-refractivity contribution in [1.82, 2.24) is 10.2 Å². The Morgan fingerprint density at radius 1 is 1.59 bits per heavy atom. The van der Waals surface area contributed by atoms with Gasteiger partial charge in [-0.25, -0.2) is 0 Å². The smallest absolute Gasteiger partial charge is 0.319 e. The molecule has 1 N–H and O–H groups in total. The second-order valence-corrected chi connectivity index (χ2v) is 4.98. The molecule has 0 aromatic carbocycles. The standard InChI is InChI=1S/C13H26N2O2/c1-4-11(2)15(10-13(16)17-3)9-12-6-5-7-14-8-12/h11-12,14H,4-10H2,1-3H3. The van der Waals surface area contributed by atoms with Crippen molar-refractivity contribution in [1.29, 1.82) is 0 Å². The highest BCUT2D eigenvalue weighted by Crippen LogP contribution is 2.14. The van der Waals surface area contributed by atoms with Crippen molar-refractivity contribution in [2.45, 2.75) is 39.2 Å². The molecule has 0 saturated carbocycles. The van der Waals surface area contributed by atoms with Crippen LogP contribution in [0.15, 0.2) is 0 Å². The molecule has 0 amide bonds. The summed E-state index contributed by atoms with van der Waals surface area (Å²) >= 11 is 0. The lowest BCUT2D eigenvalue weighted by molar-refractivity contribution is -0.142. The molecule has 4 heteroatoms. The van der Waals surface area contributed by atoms with E-state index >= 15 is 0 Å². The number of carbonyl (C=O) groups is 1. The molecule has 0 radical (unpaired) electrons. The molecule has 1 aliphatic rings. The van der Waals surface area contributed by atoms with Gasteiger partial charge in [0.15, 0.2) is 0 Å². The predicted molar refractivity (Wildman–Crippen MR) is 68.9 cm³/mol. The SMILES string of the molecule is CCC(C)N(CC(=O)OC)CC1CCCNC1. The van der Waals surface area contributed by atoms with E-state index in [4.69, 9.17) is 4.74 Å². The van der Waals surface area contributed by atoms with Crippen LogP contribution in [-0.4, -0.2) is 50.2 Å². The first-order valence-electron chi connectivity index (χ1n) is 6.69. The highest BCUT2D eigenvalue weighted by atomic mass is 16.5. The number of hydrogen-bond acceptors (Lipinski definition) is 4. The van der Waals surface area contributed by atoms with Crippen molar-refractivity contribution in [3.8, 4) is 0 Å². The number of esters is 1.